The van der Waals surface area contributed by atoms with Gasteiger partial charge in [-0.2, -0.15) is 0 Å². The van der Waals surface area contributed by atoms with E-state index in [4.69, 9.17) is 17.3 Å². The number of carbonyl (C=O) groups is 1. The van der Waals surface area contributed by atoms with Crippen LogP contribution in [0.15, 0.2) is 18.2 Å². The van der Waals surface area contributed by atoms with Gasteiger partial charge in [0.15, 0.2) is 0 Å². The van der Waals surface area contributed by atoms with Crippen LogP contribution in [0.1, 0.15) is 23.2 Å². The summed E-state index contributed by atoms with van der Waals surface area (Å²) in [5.41, 5.74) is 6.86. The van der Waals surface area contributed by atoms with E-state index in [1.807, 2.05) is 19.2 Å². The first-order valence-electron chi connectivity index (χ1n) is 6.60. The first kappa shape index (κ1) is 14.2. The summed E-state index contributed by atoms with van der Waals surface area (Å²) >= 11 is 5.94. The number of hydrogen-bond acceptors (Lipinski definition) is 3. The minimum Gasteiger partial charge on any atom is -0.371 e. The molecule has 1 fully saturated rings. The highest BCUT2D eigenvalue weighted by Gasteiger charge is 2.22. The summed E-state index contributed by atoms with van der Waals surface area (Å²) in [4.78, 5) is 13.8. The standard InChI is InChI=1S/C14H20ClN3O/c1-17-8-10-3-2-6-18(9-10)13-5-4-11(15)7-12(13)14(16)19/h4-5,7,10,17H,2-3,6,8-9H2,1H3,(H2,16,19). The van der Waals surface area contributed by atoms with Gasteiger partial charge in [-0.1, -0.05) is 11.6 Å². The molecule has 1 unspecified atom stereocenters. The Morgan fingerprint density at radius 2 is 2.37 bits per heavy atom. The van der Waals surface area contributed by atoms with E-state index < -0.39 is 5.91 Å². The zero-order chi connectivity index (χ0) is 13.8. The first-order chi connectivity index (χ1) is 9.11. The second kappa shape index (κ2) is 6.26. The fourth-order valence-corrected chi connectivity index (χ4v) is 2.89. The molecule has 1 atom stereocenters. The highest BCUT2D eigenvalue weighted by Crippen LogP contribution is 2.28. The zero-order valence-electron chi connectivity index (χ0n) is 11.2. The average molecular weight is 282 g/mol. The van der Waals surface area contributed by atoms with Crippen molar-refractivity contribution in [3.05, 3.63) is 28.8 Å². The van der Waals surface area contributed by atoms with Crippen LogP contribution in [0.4, 0.5) is 5.69 Å². The van der Waals surface area contributed by atoms with Crippen LogP contribution in [0.5, 0.6) is 0 Å². The molecule has 0 radical (unpaired) electrons. The third kappa shape index (κ3) is 3.39. The van der Waals surface area contributed by atoms with Crippen LogP contribution in [-0.2, 0) is 0 Å². The lowest BCUT2D eigenvalue weighted by Crippen LogP contribution is -2.40. The maximum atomic E-state index is 11.5. The number of carbonyl (C=O) groups excluding carboxylic acids is 1. The Kier molecular flexibility index (Phi) is 4.66. The van der Waals surface area contributed by atoms with Gasteiger partial charge >= 0.3 is 0 Å². The van der Waals surface area contributed by atoms with Gasteiger partial charge in [0.1, 0.15) is 0 Å². The molecule has 1 aromatic rings. The number of nitrogens with zero attached hydrogens (tertiary/aromatic N) is 1. The van der Waals surface area contributed by atoms with Crippen LogP contribution in [-0.4, -0.2) is 32.6 Å². The summed E-state index contributed by atoms with van der Waals surface area (Å²) in [6, 6.07) is 5.36. The lowest BCUT2D eigenvalue weighted by Gasteiger charge is -2.35. The second-order valence-electron chi connectivity index (χ2n) is 5.04. The number of halogens is 1. The zero-order valence-corrected chi connectivity index (χ0v) is 11.9. The number of nitrogens with two attached hydrogens (primary N) is 1. The monoisotopic (exact) mass is 281 g/mol. The smallest absolute Gasteiger partial charge is 0.250 e. The number of hydrogen-bond donors (Lipinski definition) is 2. The molecule has 104 valence electrons. The molecule has 3 N–H and O–H groups in total. The lowest BCUT2D eigenvalue weighted by atomic mass is 9.96. The Morgan fingerprint density at radius 1 is 1.58 bits per heavy atom. The Balaban J connectivity index is 2.23. The molecular weight excluding hydrogens is 262 g/mol. The Bertz CT molecular complexity index is 462. The number of piperidine rings is 1. The highest BCUT2D eigenvalue weighted by molar-refractivity contribution is 6.31. The summed E-state index contributed by atoms with van der Waals surface area (Å²) in [5.74, 6) is 0.184. The summed E-state index contributed by atoms with van der Waals surface area (Å²) in [5, 5.41) is 3.76. The van der Waals surface area contributed by atoms with Crippen molar-refractivity contribution in [1.29, 1.82) is 0 Å². The van der Waals surface area contributed by atoms with Gasteiger partial charge in [-0.3, -0.25) is 4.79 Å². The summed E-state index contributed by atoms with van der Waals surface area (Å²) < 4.78 is 0. The van der Waals surface area contributed by atoms with Gasteiger partial charge in [0.25, 0.3) is 5.91 Å². The fraction of sp³-hybridized carbons (Fsp3) is 0.500. The van der Waals surface area contributed by atoms with Crippen molar-refractivity contribution < 1.29 is 4.79 Å². The van der Waals surface area contributed by atoms with Crippen LogP contribution in [0, 0.1) is 5.92 Å². The highest BCUT2D eigenvalue weighted by atomic mass is 35.5. The Hall–Kier alpha value is -1.26. The Labute approximate surface area is 118 Å². The third-order valence-electron chi connectivity index (χ3n) is 3.58. The largest absolute Gasteiger partial charge is 0.371 e. The average Bonchev–Trinajstić information content (AvgIpc) is 2.39. The lowest BCUT2D eigenvalue weighted by molar-refractivity contribution is 0.100. The van der Waals surface area contributed by atoms with Gasteiger partial charge in [0.2, 0.25) is 0 Å². The summed E-state index contributed by atoms with van der Waals surface area (Å²) in [6.45, 7) is 2.90. The van der Waals surface area contributed by atoms with E-state index in [-0.39, 0.29) is 0 Å². The second-order valence-corrected chi connectivity index (χ2v) is 5.47. The maximum Gasteiger partial charge on any atom is 0.250 e. The van der Waals surface area contributed by atoms with E-state index in [2.05, 4.69) is 10.2 Å². The molecule has 0 bridgehead atoms. The van der Waals surface area contributed by atoms with E-state index in [0.717, 1.165) is 31.7 Å². The molecule has 1 saturated heterocycles. The van der Waals surface area contributed by atoms with Gasteiger partial charge in [0, 0.05) is 23.8 Å². The minimum atomic E-state index is -0.423. The topological polar surface area (TPSA) is 58.4 Å². The van der Waals surface area contributed by atoms with Crippen LogP contribution in [0.3, 0.4) is 0 Å². The van der Waals surface area contributed by atoms with Crippen LogP contribution < -0.4 is 16.0 Å². The normalized spacial score (nSPS) is 19.5. The predicted octanol–water partition coefficient (Wildman–Crippen LogP) is 1.87. The summed E-state index contributed by atoms with van der Waals surface area (Å²) in [6.07, 6.45) is 2.35. The number of amides is 1. The van der Waals surface area contributed by atoms with Crippen molar-refractivity contribution in [3.63, 3.8) is 0 Å². The predicted molar refractivity (Wildman–Crippen MR) is 78.8 cm³/mol. The van der Waals surface area contributed by atoms with Gasteiger partial charge in [0.05, 0.1) is 5.56 Å². The molecule has 1 heterocycles. The number of rotatable bonds is 4. The Morgan fingerprint density at radius 3 is 3.05 bits per heavy atom. The molecule has 0 saturated carbocycles. The molecule has 0 spiro atoms. The van der Waals surface area contributed by atoms with Gasteiger partial charge in [-0.15, -0.1) is 0 Å². The van der Waals surface area contributed by atoms with Crippen molar-refractivity contribution in [1.82, 2.24) is 5.32 Å². The van der Waals surface area contributed by atoms with E-state index in [1.165, 1.54) is 6.42 Å². The molecule has 0 aliphatic carbocycles. The minimum absolute atomic E-state index is 0.423. The van der Waals surface area contributed by atoms with E-state index >= 15 is 0 Å². The molecule has 2 rings (SSSR count). The van der Waals surface area contributed by atoms with Crippen molar-refractivity contribution in [3.8, 4) is 0 Å². The van der Waals surface area contributed by atoms with Crippen LogP contribution in [0.2, 0.25) is 5.02 Å². The van der Waals surface area contributed by atoms with Crippen LogP contribution in [0.25, 0.3) is 0 Å². The molecule has 5 heteroatoms. The fourth-order valence-electron chi connectivity index (χ4n) is 2.72. The number of primary amides is 1. The van der Waals surface area contributed by atoms with Crippen molar-refractivity contribution >= 4 is 23.2 Å². The van der Waals surface area contributed by atoms with E-state index in [0.29, 0.717) is 16.5 Å². The quantitative estimate of drug-likeness (QED) is 0.886. The van der Waals surface area contributed by atoms with Crippen molar-refractivity contribution in [2.45, 2.75) is 12.8 Å². The molecule has 4 nitrogen and oxygen atoms in total. The molecule has 1 amide bonds. The van der Waals surface area contributed by atoms with E-state index in [9.17, 15) is 4.79 Å². The maximum absolute atomic E-state index is 11.5. The summed E-state index contributed by atoms with van der Waals surface area (Å²) in [7, 11) is 1.97. The molecule has 1 aromatic carbocycles. The number of anilines is 1. The first-order valence-corrected chi connectivity index (χ1v) is 6.98. The van der Waals surface area contributed by atoms with Crippen molar-refractivity contribution in [2.75, 3.05) is 31.6 Å². The van der Waals surface area contributed by atoms with Gasteiger partial charge < -0.3 is 16.0 Å². The molecule has 1 aliphatic rings. The molecule has 0 aromatic heterocycles. The number of nitrogens with one attached hydrogen (secondary N) is 1. The molecule has 1 aliphatic heterocycles. The van der Waals surface area contributed by atoms with E-state index in [1.54, 1.807) is 6.07 Å². The third-order valence-corrected chi connectivity index (χ3v) is 3.81. The van der Waals surface area contributed by atoms with Gasteiger partial charge in [-0.05, 0) is 50.6 Å². The van der Waals surface area contributed by atoms with Crippen LogP contribution >= 0.6 is 11.6 Å². The molecule has 19 heavy (non-hydrogen) atoms. The molecular formula is C14H20ClN3O. The van der Waals surface area contributed by atoms with Crippen molar-refractivity contribution in [2.24, 2.45) is 11.7 Å². The number of benzene rings is 1. The SMILES string of the molecule is CNCC1CCCN(c2ccc(Cl)cc2C(N)=O)C1. The van der Waals surface area contributed by atoms with Gasteiger partial charge in [-0.25, -0.2) is 0 Å².